The zero-order valence-electron chi connectivity index (χ0n) is 13.5. The van der Waals surface area contributed by atoms with Crippen LogP contribution in [-0.4, -0.2) is 24.5 Å². The van der Waals surface area contributed by atoms with Crippen LogP contribution in [0.5, 0.6) is 5.75 Å². The van der Waals surface area contributed by atoms with Gasteiger partial charge in [0.15, 0.2) is 6.10 Å². The molecule has 0 saturated carbocycles. The summed E-state index contributed by atoms with van der Waals surface area (Å²) in [6.45, 7) is 3.61. The summed E-state index contributed by atoms with van der Waals surface area (Å²) >= 11 is 0. The molecule has 0 fully saturated rings. The molecule has 1 aromatic heterocycles. The van der Waals surface area contributed by atoms with E-state index in [1.165, 1.54) is 6.07 Å². The van der Waals surface area contributed by atoms with Crippen LogP contribution in [0.3, 0.4) is 0 Å². The predicted molar refractivity (Wildman–Crippen MR) is 84.6 cm³/mol. The lowest BCUT2D eigenvalue weighted by Gasteiger charge is -2.15. The van der Waals surface area contributed by atoms with Gasteiger partial charge in [-0.1, -0.05) is 0 Å². The smallest absolute Gasteiger partial charge is 0.336 e. The van der Waals surface area contributed by atoms with Crippen molar-refractivity contribution in [3.63, 3.8) is 0 Å². The van der Waals surface area contributed by atoms with Gasteiger partial charge < -0.3 is 24.4 Å². The summed E-state index contributed by atoms with van der Waals surface area (Å²) in [4.78, 5) is 33.6. The van der Waals surface area contributed by atoms with E-state index in [0.717, 1.165) is 10.9 Å². The first-order chi connectivity index (χ1) is 11.4. The molecule has 0 unspecified atom stereocenters. The molecule has 0 aliphatic heterocycles. The van der Waals surface area contributed by atoms with Crippen molar-refractivity contribution in [2.75, 3.05) is 6.54 Å². The molecular formula is C17H18NO6-. The standard InChI is InChI=1S/C17H19NO6/c1-10-8-16(21)24-14-9-12(5-6-13(10)14)23-11(2)17(22)18-7-3-4-15(19)20/h5-6,8-9,11H,3-4,7H2,1-2H3,(H,18,22)(H,19,20)/p-1/t11-/m0/s1. The summed E-state index contributed by atoms with van der Waals surface area (Å²) in [5, 5.41) is 13.7. The summed E-state index contributed by atoms with van der Waals surface area (Å²) in [6, 6.07) is 6.41. The molecule has 1 atom stereocenters. The Kier molecular flexibility index (Phi) is 5.57. The van der Waals surface area contributed by atoms with Crippen LogP contribution >= 0.6 is 0 Å². The van der Waals surface area contributed by atoms with E-state index in [1.807, 2.05) is 6.92 Å². The van der Waals surface area contributed by atoms with Gasteiger partial charge in [-0.15, -0.1) is 0 Å². The fraction of sp³-hybridized carbons (Fsp3) is 0.353. The average molecular weight is 332 g/mol. The van der Waals surface area contributed by atoms with E-state index in [4.69, 9.17) is 9.15 Å². The molecule has 7 nitrogen and oxygen atoms in total. The van der Waals surface area contributed by atoms with Crippen LogP contribution in [0.2, 0.25) is 0 Å². The van der Waals surface area contributed by atoms with Crippen LogP contribution in [0, 0.1) is 6.92 Å². The van der Waals surface area contributed by atoms with Crippen molar-refractivity contribution in [3.05, 3.63) is 40.2 Å². The second-order valence-electron chi connectivity index (χ2n) is 5.43. The van der Waals surface area contributed by atoms with Gasteiger partial charge in [-0.3, -0.25) is 4.79 Å². The number of ether oxygens (including phenoxy) is 1. The molecule has 0 spiro atoms. The number of hydrogen-bond acceptors (Lipinski definition) is 6. The van der Waals surface area contributed by atoms with E-state index in [2.05, 4.69) is 5.32 Å². The number of carbonyl (C=O) groups excluding carboxylic acids is 2. The van der Waals surface area contributed by atoms with Crippen molar-refractivity contribution in [2.24, 2.45) is 0 Å². The summed E-state index contributed by atoms with van der Waals surface area (Å²) in [5.41, 5.74) is 0.737. The molecule has 0 bridgehead atoms. The fourth-order valence-corrected chi connectivity index (χ4v) is 2.22. The van der Waals surface area contributed by atoms with Gasteiger partial charge in [-0.05, 0) is 44.4 Å². The SMILES string of the molecule is Cc1cc(=O)oc2cc(O[C@@H](C)C(=O)NCCCC(=O)[O-])ccc12. The van der Waals surface area contributed by atoms with E-state index in [1.54, 1.807) is 25.1 Å². The lowest BCUT2D eigenvalue weighted by Crippen LogP contribution is -2.37. The Morgan fingerprint density at radius 3 is 2.79 bits per heavy atom. The van der Waals surface area contributed by atoms with Gasteiger partial charge in [0.05, 0.1) is 0 Å². The Bertz CT molecular complexity index is 810. The number of nitrogens with one attached hydrogen (secondary N) is 1. The number of carboxylic acid groups (broad SMARTS) is 1. The first kappa shape index (κ1) is 17.5. The molecule has 0 radical (unpaired) electrons. The Morgan fingerprint density at radius 1 is 1.33 bits per heavy atom. The molecule has 1 N–H and O–H groups in total. The minimum absolute atomic E-state index is 0.113. The largest absolute Gasteiger partial charge is 0.550 e. The number of aliphatic carboxylic acids is 1. The lowest BCUT2D eigenvalue weighted by atomic mass is 10.1. The topological polar surface area (TPSA) is 109 Å². The van der Waals surface area contributed by atoms with Crippen molar-refractivity contribution < 1.29 is 23.8 Å². The van der Waals surface area contributed by atoms with E-state index in [-0.39, 0.29) is 18.9 Å². The van der Waals surface area contributed by atoms with Crippen LogP contribution in [0.15, 0.2) is 33.5 Å². The van der Waals surface area contributed by atoms with Crippen molar-refractivity contribution in [2.45, 2.75) is 32.8 Å². The maximum Gasteiger partial charge on any atom is 0.336 e. The van der Waals surface area contributed by atoms with Crippen LogP contribution in [0.25, 0.3) is 11.0 Å². The molecule has 0 aliphatic rings. The first-order valence-electron chi connectivity index (χ1n) is 7.55. The Morgan fingerprint density at radius 2 is 2.08 bits per heavy atom. The fourth-order valence-electron chi connectivity index (χ4n) is 2.22. The molecule has 7 heteroatoms. The number of carbonyl (C=O) groups is 2. The first-order valence-corrected chi connectivity index (χ1v) is 7.55. The number of hydrogen-bond donors (Lipinski definition) is 1. The third kappa shape index (κ3) is 4.58. The highest BCUT2D eigenvalue weighted by Gasteiger charge is 2.14. The minimum atomic E-state index is -1.15. The lowest BCUT2D eigenvalue weighted by molar-refractivity contribution is -0.305. The zero-order valence-corrected chi connectivity index (χ0v) is 13.5. The Balaban J connectivity index is 1.99. The van der Waals surface area contributed by atoms with Crippen molar-refractivity contribution in [3.8, 4) is 5.75 Å². The number of fused-ring (bicyclic) bond motifs is 1. The van der Waals surface area contributed by atoms with Gasteiger partial charge in [0.25, 0.3) is 5.91 Å². The Labute approximate surface area is 138 Å². The maximum atomic E-state index is 11.9. The van der Waals surface area contributed by atoms with Crippen molar-refractivity contribution >= 4 is 22.8 Å². The van der Waals surface area contributed by atoms with Crippen molar-refractivity contribution in [1.82, 2.24) is 5.32 Å². The number of benzene rings is 1. The Hall–Kier alpha value is -2.83. The van der Waals surface area contributed by atoms with E-state index < -0.39 is 17.7 Å². The second-order valence-corrected chi connectivity index (χ2v) is 5.43. The highest BCUT2D eigenvalue weighted by atomic mass is 16.5. The number of carboxylic acids is 1. The molecule has 128 valence electrons. The molecule has 1 amide bonds. The molecule has 1 heterocycles. The summed E-state index contributed by atoms with van der Waals surface area (Å²) in [6.07, 6.45) is -0.596. The normalized spacial score (nSPS) is 11.9. The summed E-state index contributed by atoms with van der Waals surface area (Å²) in [7, 11) is 0. The van der Waals surface area contributed by atoms with Crippen LogP contribution in [-0.2, 0) is 9.59 Å². The highest BCUT2D eigenvalue weighted by molar-refractivity contribution is 5.82. The molecule has 0 saturated heterocycles. The third-order valence-electron chi connectivity index (χ3n) is 3.46. The monoisotopic (exact) mass is 332 g/mol. The zero-order chi connectivity index (χ0) is 17.7. The van der Waals surface area contributed by atoms with Crippen LogP contribution in [0.4, 0.5) is 0 Å². The summed E-state index contributed by atoms with van der Waals surface area (Å²) < 4.78 is 10.7. The van der Waals surface area contributed by atoms with Gasteiger partial charge in [-0.2, -0.15) is 0 Å². The van der Waals surface area contributed by atoms with Crippen LogP contribution in [0.1, 0.15) is 25.3 Å². The number of amides is 1. The molecule has 2 aromatic rings. The molecule has 2 rings (SSSR count). The van der Waals surface area contributed by atoms with Crippen LogP contribution < -0.4 is 20.8 Å². The van der Waals surface area contributed by atoms with Gasteiger partial charge >= 0.3 is 5.63 Å². The quantitative estimate of drug-likeness (QED) is 0.585. The summed E-state index contributed by atoms with van der Waals surface area (Å²) in [5.74, 6) is -1.12. The van der Waals surface area contributed by atoms with Gasteiger partial charge in [0, 0.05) is 30.0 Å². The molecule has 0 aliphatic carbocycles. The van der Waals surface area contributed by atoms with Gasteiger partial charge in [-0.25, -0.2) is 4.79 Å². The third-order valence-corrected chi connectivity index (χ3v) is 3.46. The van der Waals surface area contributed by atoms with Gasteiger partial charge in [0.1, 0.15) is 11.3 Å². The highest BCUT2D eigenvalue weighted by Crippen LogP contribution is 2.22. The van der Waals surface area contributed by atoms with Gasteiger partial charge in [0.2, 0.25) is 0 Å². The van der Waals surface area contributed by atoms with E-state index >= 15 is 0 Å². The molecule has 24 heavy (non-hydrogen) atoms. The second kappa shape index (κ2) is 7.63. The van der Waals surface area contributed by atoms with E-state index in [0.29, 0.717) is 17.8 Å². The molecule has 1 aromatic carbocycles. The number of aryl methyl sites for hydroxylation is 1. The maximum absolute atomic E-state index is 11.9. The minimum Gasteiger partial charge on any atom is -0.550 e. The predicted octanol–water partition coefficient (Wildman–Crippen LogP) is 0.515. The number of rotatable bonds is 7. The van der Waals surface area contributed by atoms with E-state index in [9.17, 15) is 19.5 Å². The van der Waals surface area contributed by atoms with Crippen molar-refractivity contribution in [1.29, 1.82) is 0 Å². The average Bonchev–Trinajstić information content (AvgIpc) is 2.50. The molecular weight excluding hydrogens is 314 g/mol.